The zero-order valence-corrected chi connectivity index (χ0v) is 9.19. The van der Waals surface area contributed by atoms with Crippen molar-refractivity contribution in [2.45, 2.75) is 47.0 Å². The molecule has 0 aromatic rings. The second-order valence-corrected chi connectivity index (χ2v) is 4.40. The minimum atomic E-state index is 0.620. The first-order valence-corrected chi connectivity index (χ1v) is 5.09. The Bertz CT molecular complexity index is 124. The molecule has 0 N–H and O–H groups in total. The molecule has 0 bridgehead atoms. The summed E-state index contributed by atoms with van der Waals surface area (Å²) < 4.78 is 0. The molecule has 1 rings (SSSR count). The predicted molar refractivity (Wildman–Crippen MR) is 57.2 cm³/mol. The van der Waals surface area contributed by atoms with Crippen molar-refractivity contribution in [2.75, 3.05) is 0 Å². The lowest BCUT2D eigenvalue weighted by Crippen LogP contribution is -2.22. The zero-order valence-electron chi connectivity index (χ0n) is 9.19. The van der Waals surface area contributed by atoms with E-state index in [1.54, 1.807) is 0 Å². The molecule has 0 spiro atoms. The molecule has 2 unspecified atom stereocenters. The standard InChI is InChI=1S/C10H20.C2H4/c1-5-9-7-6-8(2)10(9,3)4;1-2/h8-9H,5-7H2,1-4H3;1-2H2. The van der Waals surface area contributed by atoms with Gasteiger partial charge in [0.25, 0.3) is 0 Å². The third-order valence-corrected chi connectivity index (χ3v) is 3.76. The highest BCUT2D eigenvalue weighted by Gasteiger charge is 2.38. The van der Waals surface area contributed by atoms with Crippen LogP contribution in [-0.4, -0.2) is 0 Å². The fraction of sp³-hybridized carbons (Fsp3) is 0.833. The monoisotopic (exact) mass is 168 g/mol. The van der Waals surface area contributed by atoms with Crippen LogP contribution in [0.2, 0.25) is 0 Å². The van der Waals surface area contributed by atoms with Crippen LogP contribution in [0.15, 0.2) is 13.2 Å². The van der Waals surface area contributed by atoms with Crippen molar-refractivity contribution in [1.82, 2.24) is 0 Å². The van der Waals surface area contributed by atoms with E-state index in [9.17, 15) is 0 Å². The van der Waals surface area contributed by atoms with Gasteiger partial charge in [0, 0.05) is 0 Å². The molecule has 0 aromatic carbocycles. The predicted octanol–water partition coefficient (Wildman–Crippen LogP) is 4.27. The van der Waals surface area contributed by atoms with Crippen molar-refractivity contribution in [3.8, 4) is 0 Å². The Morgan fingerprint density at radius 3 is 1.92 bits per heavy atom. The van der Waals surface area contributed by atoms with Crippen LogP contribution in [0.3, 0.4) is 0 Å². The second-order valence-electron chi connectivity index (χ2n) is 4.40. The van der Waals surface area contributed by atoms with Gasteiger partial charge < -0.3 is 0 Å². The van der Waals surface area contributed by atoms with Crippen molar-refractivity contribution < 1.29 is 0 Å². The van der Waals surface area contributed by atoms with Crippen LogP contribution in [0.4, 0.5) is 0 Å². The molecule has 1 fully saturated rings. The highest BCUT2D eigenvalue weighted by atomic mass is 14.4. The average Bonchev–Trinajstić information content (AvgIpc) is 2.31. The summed E-state index contributed by atoms with van der Waals surface area (Å²) in [6.07, 6.45) is 4.29. The van der Waals surface area contributed by atoms with Gasteiger partial charge in [-0.15, -0.1) is 13.2 Å². The van der Waals surface area contributed by atoms with Crippen molar-refractivity contribution in [2.24, 2.45) is 17.3 Å². The molecule has 72 valence electrons. The van der Waals surface area contributed by atoms with Gasteiger partial charge in [0.2, 0.25) is 0 Å². The lowest BCUT2D eigenvalue weighted by Gasteiger charge is -2.30. The van der Waals surface area contributed by atoms with Crippen LogP contribution in [0.25, 0.3) is 0 Å². The minimum absolute atomic E-state index is 0.620. The molecule has 1 aliphatic carbocycles. The maximum Gasteiger partial charge on any atom is -0.0300 e. The number of hydrogen-bond acceptors (Lipinski definition) is 0. The van der Waals surface area contributed by atoms with Crippen LogP contribution in [-0.2, 0) is 0 Å². The first-order chi connectivity index (χ1) is 5.59. The van der Waals surface area contributed by atoms with Gasteiger partial charge >= 0.3 is 0 Å². The van der Waals surface area contributed by atoms with E-state index >= 15 is 0 Å². The van der Waals surface area contributed by atoms with E-state index < -0.39 is 0 Å². The molecule has 1 saturated carbocycles. The Labute approximate surface area is 78.1 Å². The molecule has 0 aromatic heterocycles. The van der Waals surface area contributed by atoms with Gasteiger partial charge in [-0.25, -0.2) is 0 Å². The van der Waals surface area contributed by atoms with Gasteiger partial charge in [-0.1, -0.05) is 34.1 Å². The SMILES string of the molecule is C=C.CCC1CCC(C)C1(C)C. The van der Waals surface area contributed by atoms with Gasteiger partial charge in [-0.2, -0.15) is 0 Å². The van der Waals surface area contributed by atoms with Gasteiger partial charge in [0.05, 0.1) is 0 Å². The lowest BCUT2D eigenvalue weighted by atomic mass is 9.75. The minimum Gasteiger partial charge on any atom is -0.106 e. The number of rotatable bonds is 1. The maximum atomic E-state index is 3.00. The molecule has 1 aliphatic rings. The molecular formula is C12H24. The first-order valence-electron chi connectivity index (χ1n) is 5.09. The Morgan fingerprint density at radius 1 is 1.25 bits per heavy atom. The van der Waals surface area contributed by atoms with Crippen molar-refractivity contribution in [1.29, 1.82) is 0 Å². The Morgan fingerprint density at radius 2 is 1.75 bits per heavy atom. The van der Waals surface area contributed by atoms with Crippen molar-refractivity contribution in [3.05, 3.63) is 13.2 Å². The van der Waals surface area contributed by atoms with E-state index in [-0.39, 0.29) is 0 Å². The van der Waals surface area contributed by atoms with Crippen LogP contribution in [0, 0.1) is 17.3 Å². The quantitative estimate of drug-likeness (QED) is 0.513. The molecule has 0 saturated heterocycles. The number of hydrogen-bond donors (Lipinski definition) is 0. The molecule has 0 nitrogen and oxygen atoms in total. The second kappa shape index (κ2) is 4.69. The van der Waals surface area contributed by atoms with Crippen molar-refractivity contribution in [3.63, 3.8) is 0 Å². The lowest BCUT2D eigenvalue weighted by molar-refractivity contribution is 0.193. The molecule has 2 atom stereocenters. The molecule has 0 amide bonds. The zero-order chi connectivity index (χ0) is 9.78. The smallest absolute Gasteiger partial charge is 0.0300 e. The van der Waals surface area contributed by atoms with Crippen LogP contribution >= 0.6 is 0 Å². The van der Waals surface area contributed by atoms with E-state index in [1.165, 1.54) is 19.3 Å². The normalized spacial score (nSPS) is 32.3. The maximum absolute atomic E-state index is 3.00. The summed E-state index contributed by atoms with van der Waals surface area (Å²) in [6, 6.07) is 0. The molecular weight excluding hydrogens is 144 g/mol. The Balaban J connectivity index is 0.000000561. The first kappa shape index (κ1) is 11.7. The topological polar surface area (TPSA) is 0 Å². The van der Waals surface area contributed by atoms with Gasteiger partial charge in [0.15, 0.2) is 0 Å². The van der Waals surface area contributed by atoms with Crippen molar-refractivity contribution >= 4 is 0 Å². The molecule has 0 radical (unpaired) electrons. The Kier molecular flexibility index (Phi) is 4.59. The van der Waals surface area contributed by atoms with Gasteiger partial charge in [-0.05, 0) is 30.1 Å². The summed E-state index contributed by atoms with van der Waals surface area (Å²) in [5.41, 5.74) is 0.620. The summed E-state index contributed by atoms with van der Waals surface area (Å²) in [5.74, 6) is 1.93. The van der Waals surface area contributed by atoms with Crippen LogP contribution in [0.5, 0.6) is 0 Å². The highest BCUT2D eigenvalue weighted by molar-refractivity contribution is 4.88. The highest BCUT2D eigenvalue weighted by Crippen LogP contribution is 2.48. The third-order valence-electron chi connectivity index (χ3n) is 3.76. The molecule has 0 aliphatic heterocycles. The Hall–Kier alpha value is -0.260. The van der Waals surface area contributed by atoms with E-state index in [1.807, 2.05) is 0 Å². The summed E-state index contributed by atoms with van der Waals surface area (Å²) in [5, 5.41) is 0. The fourth-order valence-corrected chi connectivity index (χ4v) is 2.33. The fourth-order valence-electron chi connectivity index (χ4n) is 2.33. The molecule has 12 heavy (non-hydrogen) atoms. The average molecular weight is 168 g/mol. The van der Waals surface area contributed by atoms with E-state index in [2.05, 4.69) is 40.9 Å². The third kappa shape index (κ3) is 2.12. The molecule has 0 heteroatoms. The van der Waals surface area contributed by atoms with E-state index in [4.69, 9.17) is 0 Å². The van der Waals surface area contributed by atoms with Crippen LogP contribution < -0.4 is 0 Å². The summed E-state index contributed by atoms with van der Waals surface area (Å²) in [7, 11) is 0. The van der Waals surface area contributed by atoms with Gasteiger partial charge in [0.1, 0.15) is 0 Å². The summed E-state index contributed by atoms with van der Waals surface area (Å²) >= 11 is 0. The van der Waals surface area contributed by atoms with Crippen LogP contribution in [0.1, 0.15) is 47.0 Å². The largest absolute Gasteiger partial charge is 0.106 e. The van der Waals surface area contributed by atoms with Gasteiger partial charge in [-0.3, -0.25) is 0 Å². The summed E-state index contributed by atoms with van der Waals surface area (Å²) in [6.45, 7) is 15.6. The molecule has 0 heterocycles. The van der Waals surface area contributed by atoms with E-state index in [0.29, 0.717) is 5.41 Å². The van der Waals surface area contributed by atoms with E-state index in [0.717, 1.165) is 11.8 Å². The summed E-state index contributed by atoms with van der Waals surface area (Å²) in [4.78, 5) is 0.